The van der Waals surface area contributed by atoms with E-state index in [-0.39, 0.29) is 23.7 Å². The van der Waals surface area contributed by atoms with Gasteiger partial charge in [-0.15, -0.1) is 0 Å². The Labute approximate surface area is 94.0 Å². The number of alkyl halides is 3. The second-order valence-corrected chi connectivity index (χ2v) is 3.04. The summed E-state index contributed by atoms with van der Waals surface area (Å²) in [5, 5.41) is 2.17. The van der Waals surface area contributed by atoms with Gasteiger partial charge in [-0.05, 0) is 18.2 Å². The highest BCUT2D eigenvalue weighted by molar-refractivity contribution is 6.51. The highest BCUT2D eigenvalue weighted by Gasteiger charge is 2.35. The highest BCUT2D eigenvalue weighted by Crippen LogP contribution is 2.33. The van der Waals surface area contributed by atoms with Crippen LogP contribution in [0.25, 0.3) is 0 Å². The molecule has 0 unspecified atom stereocenters. The van der Waals surface area contributed by atoms with Crippen LogP contribution in [0.1, 0.15) is 15.9 Å². The van der Waals surface area contributed by atoms with Crippen LogP contribution in [0.3, 0.4) is 0 Å². The fraction of sp³-hybridized carbons (Fsp3) is 0.111. The molecule has 3 nitrogen and oxygen atoms in total. The summed E-state index contributed by atoms with van der Waals surface area (Å²) in [5.74, 6) is -1.83. The molecule has 1 aliphatic rings. The lowest BCUT2D eigenvalue weighted by molar-refractivity contribution is -0.137. The maximum absolute atomic E-state index is 12.3. The quantitative estimate of drug-likeness (QED) is 0.591. The van der Waals surface area contributed by atoms with Crippen LogP contribution < -0.4 is 17.7 Å². The van der Waals surface area contributed by atoms with Crippen LogP contribution in [0.5, 0.6) is 0 Å². The minimum Gasteiger partial charge on any atom is -1.00 e. The molecule has 1 aromatic rings. The van der Waals surface area contributed by atoms with Gasteiger partial charge in [0.05, 0.1) is 16.8 Å². The summed E-state index contributed by atoms with van der Waals surface area (Å²) >= 11 is 0. The molecule has 1 heterocycles. The van der Waals surface area contributed by atoms with Gasteiger partial charge >= 0.3 is 6.18 Å². The summed E-state index contributed by atoms with van der Waals surface area (Å²) in [5.41, 5.74) is -1.04. The Hall–Kier alpha value is -1.56. The van der Waals surface area contributed by atoms with E-state index in [9.17, 15) is 22.8 Å². The number of halogens is 4. The molecular formula is C9H4ClF3NO2-. The van der Waals surface area contributed by atoms with Gasteiger partial charge in [0.1, 0.15) is 0 Å². The number of amides is 1. The van der Waals surface area contributed by atoms with Crippen molar-refractivity contribution < 1.29 is 35.2 Å². The van der Waals surface area contributed by atoms with E-state index in [0.29, 0.717) is 6.07 Å². The maximum atomic E-state index is 12.3. The number of ketones is 1. The zero-order valence-corrected chi connectivity index (χ0v) is 8.32. The molecule has 0 atom stereocenters. The Morgan fingerprint density at radius 2 is 1.75 bits per heavy atom. The Bertz CT molecular complexity index is 470. The molecule has 1 amide bonds. The normalized spacial score (nSPS) is 14.2. The van der Waals surface area contributed by atoms with Gasteiger partial charge in [-0.25, -0.2) is 0 Å². The fourth-order valence-electron chi connectivity index (χ4n) is 1.32. The molecule has 0 aromatic heterocycles. The first-order valence-corrected chi connectivity index (χ1v) is 3.96. The summed E-state index contributed by atoms with van der Waals surface area (Å²) in [4.78, 5) is 21.9. The Balaban J connectivity index is 0.00000128. The van der Waals surface area contributed by atoms with E-state index >= 15 is 0 Å². The number of Topliss-reactive ketones (excluding diaryl/α,β-unsaturated/α-hetero) is 1. The van der Waals surface area contributed by atoms with Gasteiger partial charge in [0.15, 0.2) is 0 Å². The van der Waals surface area contributed by atoms with E-state index in [4.69, 9.17) is 0 Å². The lowest BCUT2D eigenvalue weighted by atomic mass is 10.1. The number of hydrogen-bond acceptors (Lipinski definition) is 2. The van der Waals surface area contributed by atoms with Crippen LogP contribution in [0.2, 0.25) is 0 Å². The number of carbonyl (C=O) groups is 2. The van der Waals surface area contributed by atoms with Gasteiger partial charge in [-0.2, -0.15) is 13.2 Å². The van der Waals surface area contributed by atoms with E-state index in [1.54, 1.807) is 0 Å². The maximum Gasteiger partial charge on any atom is 0.416 e. The molecule has 0 fully saturated rings. The number of carbonyl (C=O) groups excluding carboxylic acids is 2. The van der Waals surface area contributed by atoms with Crippen LogP contribution in [0, 0.1) is 0 Å². The van der Waals surface area contributed by atoms with E-state index in [1.165, 1.54) is 0 Å². The zero-order chi connectivity index (χ0) is 11.2. The molecule has 0 saturated heterocycles. The van der Waals surface area contributed by atoms with E-state index in [1.807, 2.05) is 0 Å². The van der Waals surface area contributed by atoms with Crippen LogP contribution in [0.15, 0.2) is 18.2 Å². The largest absolute Gasteiger partial charge is 1.00 e. The van der Waals surface area contributed by atoms with Crippen LogP contribution >= 0.6 is 0 Å². The molecule has 0 saturated carbocycles. The molecule has 2 rings (SSSR count). The van der Waals surface area contributed by atoms with Gasteiger partial charge in [0, 0.05) is 0 Å². The monoisotopic (exact) mass is 250 g/mol. The van der Waals surface area contributed by atoms with Crippen molar-refractivity contribution in [2.75, 3.05) is 5.32 Å². The van der Waals surface area contributed by atoms with Crippen molar-refractivity contribution in [3.63, 3.8) is 0 Å². The fourth-order valence-corrected chi connectivity index (χ4v) is 1.32. The third kappa shape index (κ3) is 1.88. The van der Waals surface area contributed by atoms with Crippen molar-refractivity contribution >= 4 is 17.4 Å². The second kappa shape index (κ2) is 3.79. The van der Waals surface area contributed by atoms with Gasteiger partial charge < -0.3 is 17.7 Å². The third-order valence-corrected chi connectivity index (χ3v) is 2.05. The summed E-state index contributed by atoms with van der Waals surface area (Å²) < 4.78 is 36.8. The van der Waals surface area contributed by atoms with Gasteiger partial charge in [0.2, 0.25) is 0 Å². The molecule has 0 bridgehead atoms. The number of anilines is 1. The van der Waals surface area contributed by atoms with Crippen LogP contribution in [-0.4, -0.2) is 11.7 Å². The van der Waals surface area contributed by atoms with Crippen molar-refractivity contribution in [3.8, 4) is 0 Å². The average molecular weight is 251 g/mol. The van der Waals surface area contributed by atoms with E-state index in [2.05, 4.69) is 5.32 Å². The summed E-state index contributed by atoms with van der Waals surface area (Å²) in [6.45, 7) is 0. The predicted molar refractivity (Wildman–Crippen MR) is 44.4 cm³/mol. The number of rotatable bonds is 0. The predicted octanol–water partition coefficient (Wildman–Crippen LogP) is -1.16. The van der Waals surface area contributed by atoms with Crippen molar-refractivity contribution in [2.24, 2.45) is 0 Å². The lowest BCUT2D eigenvalue weighted by Crippen LogP contribution is -3.00. The first-order chi connectivity index (χ1) is 6.89. The van der Waals surface area contributed by atoms with Gasteiger partial charge in [0.25, 0.3) is 11.7 Å². The lowest BCUT2D eigenvalue weighted by Gasteiger charge is -2.06. The molecule has 1 aliphatic heterocycles. The number of benzene rings is 1. The standard InChI is InChI=1S/C9H4F3NO2.ClH/c10-9(11,12)4-1-2-6-5(3-4)7(14)8(15)13-6;/h1-3H,(H,13,14,15);1H/p-1. The minimum absolute atomic E-state index is 0. The number of nitrogens with one attached hydrogen (secondary N) is 1. The smallest absolute Gasteiger partial charge is 0.416 e. The summed E-state index contributed by atoms with van der Waals surface area (Å²) in [6.07, 6.45) is -4.51. The van der Waals surface area contributed by atoms with Crippen LogP contribution in [-0.2, 0) is 11.0 Å². The minimum atomic E-state index is -4.51. The molecular weight excluding hydrogens is 247 g/mol. The molecule has 0 aliphatic carbocycles. The third-order valence-electron chi connectivity index (χ3n) is 2.05. The molecule has 7 heteroatoms. The molecule has 16 heavy (non-hydrogen) atoms. The van der Waals surface area contributed by atoms with E-state index < -0.39 is 23.4 Å². The summed E-state index contributed by atoms with van der Waals surface area (Å²) in [7, 11) is 0. The topological polar surface area (TPSA) is 46.2 Å². The van der Waals surface area contributed by atoms with Crippen molar-refractivity contribution in [2.45, 2.75) is 6.18 Å². The Morgan fingerprint density at radius 1 is 1.12 bits per heavy atom. The van der Waals surface area contributed by atoms with Gasteiger partial charge in [-0.3, -0.25) is 9.59 Å². The molecule has 0 radical (unpaired) electrons. The molecule has 1 aromatic carbocycles. The number of fused-ring (bicyclic) bond motifs is 1. The highest BCUT2D eigenvalue weighted by atomic mass is 35.5. The van der Waals surface area contributed by atoms with Gasteiger partial charge in [-0.1, -0.05) is 0 Å². The Morgan fingerprint density at radius 3 is 2.31 bits per heavy atom. The zero-order valence-electron chi connectivity index (χ0n) is 7.56. The average Bonchev–Trinajstić information content (AvgIpc) is 2.41. The van der Waals surface area contributed by atoms with E-state index in [0.717, 1.165) is 12.1 Å². The molecule has 0 spiro atoms. The summed E-state index contributed by atoms with van der Waals surface area (Å²) in [6, 6.07) is 2.56. The van der Waals surface area contributed by atoms with Crippen LogP contribution in [0.4, 0.5) is 18.9 Å². The SMILES string of the molecule is O=C1Nc2ccc(C(F)(F)F)cc2C1=O.[Cl-]. The molecule has 86 valence electrons. The van der Waals surface area contributed by atoms with Crippen molar-refractivity contribution in [1.29, 1.82) is 0 Å². The first kappa shape index (κ1) is 12.5. The first-order valence-electron chi connectivity index (χ1n) is 3.96. The Kier molecular flexibility index (Phi) is 2.96. The molecule has 1 N–H and O–H groups in total. The number of hydrogen-bond donors (Lipinski definition) is 1. The second-order valence-electron chi connectivity index (χ2n) is 3.04. The van der Waals surface area contributed by atoms with Crippen molar-refractivity contribution in [3.05, 3.63) is 29.3 Å². The van der Waals surface area contributed by atoms with Crippen molar-refractivity contribution in [1.82, 2.24) is 0 Å².